The molecular formula is C35H39N3O5S. The number of nitrogens with one attached hydrogen (secondary N) is 1. The number of likely N-dealkylation sites (N-methyl/N-ethyl adjacent to an activating group) is 1. The molecule has 8 nitrogen and oxygen atoms in total. The minimum Gasteiger partial charge on any atom is -0.492 e. The molecule has 0 fully saturated rings. The monoisotopic (exact) mass is 613 g/mol. The van der Waals surface area contributed by atoms with Gasteiger partial charge in [0.2, 0.25) is 11.8 Å². The summed E-state index contributed by atoms with van der Waals surface area (Å²) in [6.45, 7) is 5.84. The van der Waals surface area contributed by atoms with E-state index in [1.54, 1.807) is 42.5 Å². The molecule has 1 N–H and O–H groups in total. The molecule has 9 heteroatoms. The summed E-state index contributed by atoms with van der Waals surface area (Å²) < 4.78 is 35.2. The summed E-state index contributed by atoms with van der Waals surface area (Å²) in [5.74, 6) is -0.506. The average Bonchev–Trinajstić information content (AvgIpc) is 3.04. The molecule has 0 aliphatic heterocycles. The van der Waals surface area contributed by atoms with Gasteiger partial charge in [0.25, 0.3) is 10.0 Å². The lowest BCUT2D eigenvalue weighted by Crippen LogP contribution is -2.53. The van der Waals surface area contributed by atoms with Crippen molar-refractivity contribution < 1.29 is 22.7 Å². The summed E-state index contributed by atoms with van der Waals surface area (Å²) in [6, 6.07) is 31.0. The van der Waals surface area contributed by atoms with Gasteiger partial charge in [0.1, 0.15) is 18.3 Å². The lowest BCUT2D eigenvalue weighted by Gasteiger charge is -2.34. The Labute approximate surface area is 260 Å². The molecule has 0 aromatic heterocycles. The van der Waals surface area contributed by atoms with Crippen LogP contribution in [0.5, 0.6) is 5.75 Å². The Hall–Kier alpha value is -4.63. The van der Waals surface area contributed by atoms with Gasteiger partial charge >= 0.3 is 0 Å². The Bertz CT molecular complexity index is 1650. The van der Waals surface area contributed by atoms with Gasteiger partial charge in [-0.05, 0) is 61.7 Å². The number of sulfonamides is 1. The fourth-order valence-electron chi connectivity index (χ4n) is 4.99. The largest absolute Gasteiger partial charge is 0.492 e. The molecule has 0 saturated heterocycles. The van der Waals surface area contributed by atoms with E-state index in [-0.39, 0.29) is 29.5 Å². The summed E-state index contributed by atoms with van der Waals surface area (Å²) in [6.07, 6.45) is 0.255. The number of benzene rings is 4. The standard InChI is InChI=1S/C35H39N3O5S/c1-4-36-35(40)32(24-28-17-8-6-9-18-28)37(25-29-19-13-12-16-27(29)3)34(39)26-38(31-22-14-15-23-33(31)43-5-2)44(41,42)30-20-10-7-11-21-30/h6-23,32H,4-5,24-26H2,1-3H3,(H,36,40)/t32-/m0/s1. The molecule has 0 bridgehead atoms. The van der Waals surface area contributed by atoms with E-state index in [1.165, 1.54) is 17.0 Å². The molecule has 0 heterocycles. The normalized spacial score (nSPS) is 11.8. The fourth-order valence-corrected chi connectivity index (χ4v) is 6.44. The maximum atomic E-state index is 14.5. The number of anilines is 1. The van der Waals surface area contributed by atoms with E-state index in [2.05, 4.69) is 5.32 Å². The van der Waals surface area contributed by atoms with Gasteiger partial charge in [-0.1, -0.05) is 84.9 Å². The molecule has 0 aliphatic rings. The van der Waals surface area contributed by atoms with Crippen LogP contribution in [0.15, 0.2) is 114 Å². The summed E-state index contributed by atoms with van der Waals surface area (Å²) in [5, 5.41) is 2.88. The van der Waals surface area contributed by atoms with Crippen molar-refractivity contribution in [3.05, 3.63) is 126 Å². The highest BCUT2D eigenvalue weighted by atomic mass is 32.2. The molecule has 0 radical (unpaired) electrons. The molecule has 4 rings (SSSR count). The van der Waals surface area contributed by atoms with E-state index >= 15 is 0 Å². The zero-order chi connectivity index (χ0) is 31.5. The van der Waals surface area contributed by atoms with Gasteiger partial charge in [0, 0.05) is 19.5 Å². The van der Waals surface area contributed by atoms with Crippen LogP contribution in [0, 0.1) is 6.92 Å². The second kappa shape index (κ2) is 15.2. The van der Waals surface area contributed by atoms with E-state index in [0.717, 1.165) is 21.0 Å². The van der Waals surface area contributed by atoms with Crippen LogP contribution in [0.4, 0.5) is 5.69 Å². The van der Waals surface area contributed by atoms with Crippen molar-refractivity contribution in [1.82, 2.24) is 10.2 Å². The van der Waals surface area contributed by atoms with Crippen LogP contribution in [0.2, 0.25) is 0 Å². The van der Waals surface area contributed by atoms with E-state index in [4.69, 9.17) is 4.74 Å². The molecule has 0 unspecified atom stereocenters. The molecule has 1 atom stereocenters. The summed E-state index contributed by atoms with van der Waals surface area (Å²) in [7, 11) is -4.21. The molecule has 0 aliphatic carbocycles. The summed E-state index contributed by atoms with van der Waals surface area (Å²) in [5.41, 5.74) is 2.92. The highest BCUT2D eigenvalue weighted by Crippen LogP contribution is 2.33. The number of amides is 2. The second-order valence-corrected chi connectivity index (χ2v) is 12.1. The number of hydrogen-bond donors (Lipinski definition) is 1. The number of carbonyl (C=O) groups excluding carboxylic acids is 2. The van der Waals surface area contributed by atoms with Gasteiger partial charge in [-0.15, -0.1) is 0 Å². The van der Waals surface area contributed by atoms with Crippen molar-refractivity contribution in [1.29, 1.82) is 0 Å². The van der Waals surface area contributed by atoms with Crippen molar-refractivity contribution in [2.75, 3.05) is 24.0 Å². The van der Waals surface area contributed by atoms with E-state index in [9.17, 15) is 18.0 Å². The highest BCUT2D eigenvalue weighted by molar-refractivity contribution is 7.92. The van der Waals surface area contributed by atoms with E-state index < -0.39 is 28.5 Å². The van der Waals surface area contributed by atoms with Crippen molar-refractivity contribution in [3.8, 4) is 5.75 Å². The quantitative estimate of drug-likeness (QED) is 0.207. The number of aryl methyl sites for hydroxylation is 1. The molecule has 44 heavy (non-hydrogen) atoms. The molecule has 2 amide bonds. The first-order valence-electron chi connectivity index (χ1n) is 14.7. The average molecular weight is 614 g/mol. The molecule has 0 spiro atoms. The van der Waals surface area contributed by atoms with Gasteiger partial charge in [-0.3, -0.25) is 13.9 Å². The predicted molar refractivity (Wildman–Crippen MR) is 173 cm³/mol. The number of hydrogen-bond acceptors (Lipinski definition) is 5. The first kappa shape index (κ1) is 32.3. The molecule has 230 valence electrons. The minimum absolute atomic E-state index is 0.0362. The zero-order valence-electron chi connectivity index (χ0n) is 25.3. The van der Waals surface area contributed by atoms with Crippen LogP contribution in [-0.2, 0) is 32.6 Å². The third kappa shape index (κ3) is 7.85. The van der Waals surface area contributed by atoms with Crippen molar-refractivity contribution in [2.24, 2.45) is 0 Å². The van der Waals surface area contributed by atoms with Gasteiger partial charge in [-0.2, -0.15) is 0 Å². The zero-order valence-corrected chi connectivity index (χ0v) is 26.2. The SMILES string of the molecule is CCNC(=O)[C@H](Cc1ccccc1)N(Cc1ccccc1C)C(=O)CN(c1ccccc1OCC)S(=O)(=O)c1ccccc1. The topological polar surface area (TPSA) is 96.0 Å². The lowest BCUT2D eigenvalue weighted by atomic mass is 10.0. The van der Waals surface area contributed by atoms with Gasteiger partial charge < -0.3 is 15.0 Å². The number of carbonyl (C=O) groups is 2. The first-order chi connectivity index (χ1) is 21.3. The number of rotatable bonds is 14. The first-order valence-corrected chi connectivity index (χ1v) is 16.2. The number of nitrogens with zero attached hydrogens (tertiary/aromatic N) is 2. The van der Waals surface area contributed by atoms with Crippen LogP contribution in [0.25, 0.3) is 0 Å². The minimum atomic E-state index is -4.21. The highest BCUT2D eigenvalue weighted by Gasteiger charge is 2.35. The predicted octanol–water partition coefficient (Wildman–Crippen LogP) is 5.37. The maximum Gasteiger partial charge on any atom is 0.264 e. The Balaban J connectivity index is 1.83. The van der Waals surface area contributed by atoms with Crippen LogP contribution in [0.3, 0.4) is 0 Å². The Morgan fingerprint density at radius 3 is 2.09 bits per heavy atom. The third-order valence-electron chi connectivity index (χ3n) is 7.27. The Kier molecular flexibility index (Phi) is 11.2. The fraction of sp³-hybridized carbons (Fsp3) is 0.257. The second-order valence-electron chi connectivity index (χ2n) is 10.3. The van der Waals surface area contributed by atoms with Crippen LogP contribution in [-0.4, -0.2) is 50.9 Å². The summed E-state index contributed by atoms with van der Waals surface area (Å²) in [4.78, 5) is 29.7. The van der Waals surface area contributed by atoms with Crippen molar-refractivity contribution >= 4 is 27.5 Å². The van der Waals surface area contributed by atoms with Crippen molar-refractivity contribution in [2.45, 2.75) is 44.7 Å². The van der Waals surface area contributed by atoms with Gasteiger partial charge in [-0.25, -0.2) is 8.42 Å². The maximum absolute atomic E-state index is 14.5. The third-order valence-corrected chi connectivity index (χ3v) is 9.04. The molecule has 4 aromatic carbocycles. The number of para-hydroxylation sites is 2. The Morgan fingerprint density at radius 1 is 0.818 bits per heavy atom. The molecular weight excluding hydrogens is 574 g/mol. The van der Waals surface area contributed by atoms with Gasteiger partial charge in [0.05, 0.1) is 17.2 Å². The molecule has 4 aromatic rings. The Morgan fingerprint density at radius 2 is 1.43 bits per heavy atom. The molecule has 0 saturated carbocycles. The smallest absolute Gasteiger partial charge is 0.264 e. The van der Waals surface area contributed by atoms with Crippen LogP contribution in [0.1, 0.15) is 30.5 Å². The van der Waals surface area contributed by atoms with Crippen LogP contribution >= 0.6 is 0 Å². The van der Waals surface area contributed by atoms with Gasteiger partial charge in [0.15, 0.2) is 0 Å². The summed E-state index contributed by atoms with van der Waals surface area (Å²) >= 11 is 0. The van der Waals surface area contributed by atoms with Crippen molar-refractivity contribution in [3.63, 3.8) is 0 Å². The van der Waals surface area contributed by atoms with E-state index in [1.807, 2.05) is 75.4 Å². The van der Waals surface area contributed by atoms with E-state index in [0.29, 0.717) is 18.9 Å². The van der Waals surface area contributed by atoms with Crippen LogP contribution < -0.4 is 14.4 Å². The lowest BCUT2D eigenvalue weighted by molar-refractivity contribution is -0.140. The number of ether oxygens (including phenoxy) is 1.